The van der Waals surface area contributed by atoms with Crippen molar-refractivity contribution in [3.05, 3.63) is 0 Å². The minimum Gasteiger partial charge on any atom is -0.377 e. The molecular formula is C15H27NO2. The van der Waals surface area contributed by atoms with Crippen molar-refractivity contribution in [1.82, 2.24) is 4.90 Å². The van der Waals surface area contributed by atoms with Crippen LogP contribution in [0.4, 0.5) is 0 Å². The van der Waals surface area contributed by atoms with Gasteiger partial charge in [-0.2, -0.15) is 0 Å². The molecule has 104 valence electrons. The van der Waals surface area contributed by atoms with Crippen LogP contribution in [0.3, 0.4) is 0 Å². The Morgan fingerprint density at radius 3 is 2.28 bits per heavy atom. The zero-order valence-electron chi connectivity index (χ0n) is 12.6. The van der Waals surface area contributed by atoms with Crippen LogP contribution in [0.5, 0.6) is 0 Å². The van der Waals surface area contributed by atoms with E-state index >= 15 is 0 Å². The van der Waals surface area contributed by atoms with Gasteiger partial charge in [0.2, 0.25) is 0 Å². The minimum absolute atomic E-state index is 0.0271. The van der Waals surface area contributed by atoms with Gasteiger partial charge in [-0.05, 0) is 27.2 Å². The smallest absolute Gasteiger partial charge is 0.155 e. The van der Waals surface area contributed by atoms with Gasteiger partial charge in [0.05, 0.1) is 12.1 Å². The fourth-order valence-corrected chi connectivity index (χ4v) is 3.22. The highest BCUT2D eigenvalue weighted by atomic mass is 16.5. The van der Waals surface area contributed by atoms with Crippen molar-refractivity contribution in [3.63, 3.8) is 0 Å². The molecule has 3 nitrogen and oxygen atoms in total. The Balaban J connectivity index is 2.29. The predicted molar refractivity (Wildman–Crippen MR) is 72.6 cm³/mol. The summed E-state index contributed by atoms with van der Waals surface area (Å²) in [7, 11) is 0. The first kappa shape index (κ1) is 14.0. The number of carbonyl (C=O) groups is 1. The highest BCUT2D eigenvalue weighted by Gasteiger charge is 2.53. The molecule has 0 aliphatic carbocycles. The molecule has 3 unspecified atom stereocenters. The van der Waals surface area contributed by atoms with Crippen LogP contribution in [-0.2, 0) is 9.53 Å². The molecule has 0 aromatic carbocycles. The number of ether oxygens (including phenoxy) is 1. The molecule has 0 aromatic rings. The van der Waals surface area contributed by atoms with E-state index in [2.05, 4.69) is 25.7 Å². The molecule has 0 saturated carbocycles. The molecular weight excluding hydrogens is 226 g/mol. The summed E-state index contributed by atoms with van der Waals surface area (Å²) < 4.78 is 5.80. The van der Waals surface area contributed by atoms with Gasteiger partial charge in [-0.1, -0.05) is 20.8 Å². The SMILES string of the molecule is CC(C)(C)C(=O)C1C2CCOC2CN1C(C)(C)C. The number of hydrogen-bond acceptors (Lipinski definition) is 3. The van der Waals surface area contributed by atoms with E-state index in [9.17, 15) is 4.79 Å². The number of fused-ring (bicyclic) bond motifs is 1. The van der Waals surface area contributed by atoms with Gasteiger partial charge < -0.3 is 4.74 Å². The van der Waals surface area contributed by atoms with Gasteiger partial charge in [0.1, 0.15) is 0 Å². The summed E-state index contributed by atoms with van der Waals surface area (Å²) in [6, 6.07) is 0.0394. The lowest BCUT2D eigenvalue weighted by molar-refractivity contribution is -0.134. The number of likely N-dealkylation sites (tertiary alicyclic amines) is 1. The molecule has 2 heterocycles. The van der Waals surface area contributed by atoms with E-state index in [1.165, 1.54) is 0 Å². The summed E-state index contributed by atoms with van der Waals surface area (Å²) in [6.07, 6.45) is 1.30. The topological polar surface area (TPSA) is 29.5 Å². The molecule has 3 atom stereocenters. The molecule has 2 aliphatic heterocycles. The summed E-state index contributed by atoms with van der Waals surface area (Å²) in [5, 5.41) is 0. The molecule has 2 saturated heterocycles. The molecule has 0 radical (unpaired) electrons. The number of ketones is 1. The van der Waals surface area contributed by atoms with Gasteiger partial charge in [0, 0.05) is 30.0 Å². The van der Waals surface area contributed by atoms with E-state index in [0.29, 0.717) is 11.7 Å². The standard InChI is InChI=1S/C15H27NO2/c1-14(2,3)13(17)12-10-7-8-18-11(10)9-16(12)15(4,5)6/h10-12H,7-9H2,1-6H3. The Kier molecular flexibility index (Phi) is 3.35. The van der Waals surface area contributed by atoms with Gasteiger partial charge in [-0.25, -0.2) is 0 Å². The normalized spacial score (nSPS) is 33.8. The third-order valence-electron chi connectivity index (χ3n) is 4.25. The van der Waals surface area contributed by atoms with Crippen molar-refractivity contribution in [1.29, 1.82) is 0 Å². The molecule has 0 aromatic heterocycles. The second-order valence-electron chi connectivity index (χ2n) is 7.74. The van der Waals surface area contributed by atoms with E-state index < -0.39 is 0 Å². The van der Waals surface area contributed by atoms with E-state index in [1.54, 1.807) is 0 Å². The maximum atomic E-state index is 12.8. The first-order valence-electron chi connectivity index (χ1n) is 7.05. The second kappa shape index (κ2) is 4.31. The highest BCUT2D eigenvalue weighted by molar-refractivity contribution is 5.89. The van der Waals surface area contributed by atoms with Crippen molar-refractivity contribution in [3.8, 4) is 0 Å². The van der Waals surface area contributed by atoms with Crippen LogP contribution in [0, 0.1) is 11.3 Å². The van der Waals surface area contributed by atoms with E-state index in [1.807, 2.05) is 20.8 Å². The van der Waals surface area contributed by atoms with Crippen LogP contribution in [0.2, 0.25) is 0 Å². The predicted octanol–water partition coefficient (Wildman–Crippen LogP) is 2.49. The Hall–Kier alpha value is -0.410. The first-order chi connectivity index (χ1) is 8.12. The van der Waals surface area contributed by atoms with Gasteiger partial charge in [0.15, 0.2) is 5.78 Å². The first-order valence-corrected chi connectivity index (χ1v) is 7.05. The number of carbonyl (C=O) groups excluding carboxylic acids is 1. The van der Waals surface area contributed by atoms with Crippen molar-refractivity contribution < 1.29 is 9.53 Å². The van der Waals surface area contributed by atoms with Crippen LogP contribution >= 0.6 is 0 Å². The molecule has 2 rings (SSSR count). The van der Waals surface area contributed by atoms with Crippen LogP contribution in [0.15, 0.2) is 0 Å². The zero-order chi connectivity index (χ0) is 13.7. The van der Waals surface area contributed by atoms with Gasteiger partial charge in [-0.3, -0.25) is 9.69 Å². The average molecular weight is 253 g/mol. The monoisotopic (exact) mass is 253 g/mol. The molecule has 0 bridgehead atoms. The Labute approximate surface area is 111 Å². The number of Topliss-reactive ketones (excluding diaryl/α,β-unsaturated/α-hetero) is 1. The average Bonchev–Trinajstić information content (AvgIpc) is 2.71. The molecule has 18 heavy (non-hydrogen) atoms. The quantitative estimate of drug-likeness (QED) is 0.719. The van der Waals surface area contributed by atoms with Crippen LogP contribution < -0.4 is 0 Å². The second-order valence-corrected chi connectivity index (χ2v) is 7.74. The summed E-state index contributed by atoms with van der Waals surface area (Å²) in [4.78, 5) is 15.1. The Morgan fingerprint density at radius 2 is 1.78 bits per heavy atom. The number of hydrogen-bond donors (Lipinski definition) is 0. The van der Waals surface area contributed by atoms with Crippen LogP contribution in [0.25, 0.3) is 0 Å². The molecule has 0 amide bonds. The fourth-order valence-electron chi connectivity index (χ4n) is 3.22. The summed E-state index contributed by atoms with van der Waals surface area (Å²) in [5.41, 5.74) is -0.245. The minimum atomic E-state index is -0.272. The summed E-state index contributed by atoms with van der Waals surface area (Å²) in [5.74, 6) is 0.770. The lowest BCUT2D eigenvalue weighted by Crippen LogP contribution is -2.52. The van der Waals surface area contributed by atoms with Crippen molar-refractivity contribution in [2.24, 2.45) is 11.3 Å². The van der Waals surface area contributed by atoms with Gasteiger partial charge >= 0.3 is 0 Å². The maximum Gasteiger partial charge on any atom is 0.155 e. The lowest BCUT2D eigenvalue weighted by atomic mass is 9.80. The molecule has 3 heteroatoms. The molecule has 0 N–H and O–H groups in total. The fraction of sp³-hybridized carbons (Fsp3) is 0.933. The van der Waals surface area contributed by atoms with Crippen LogP contribution in [-0.4, -0.2) is 41.5 Å². The van der Waals surface area contributed by atoms with E-state index in [0.717, 1.165) is 19.6 Å². The Morgan fingerprint density at radius 1 is 1.17 bits per heavy atom. The number of nitrogens with zero attached hydrogens (tertiary/aromatic N) is 1. The zero-order valence-corrected chi connectivity index (χ0v) is 12.6. The highest BCUT2D eigenvalue weighted by Crippen LogP contribution is 2.41. The summed E-state index contributed by atoms with van der Waals surface area (Å²) >= 11 is 0. The third kappa shape index (κ3) is 2.35. The van der Waals surface area contributed by atoms with Gasteiger partial charge in [0.25, 0.3) is 0 Å². The van der Waals surface area contributed by atoms with Crippen molar-refractivity contribution >= 4 is 5.78 Å². The maximum absolute atomic E-state index is 12.8. The largest absolute Gasteiger partial charge is 0.377 e. The Bertz CT molecular complexity index is 337. The van der Waals surface area contributed by atoms with Crippen molar-refractivity contribution in [2.75, 3.05) is 13.2 Å². The third-order valence-corrected chi connectivity index (χ3v) is 4.25. The van der Waals surface area contributed by atoms with E-state index in [-0.39, 0.29) is 23.1 Å². The molecule has 2 aliphatic rings. The van der Waals surface area contributed by atoms with Gasteiger partial charge in [-0.15, -0.1) is 0 Å². The molecule has 0 spiro atoms. The lowest BCUT2D eigenvalue weighted by Gasteiger charge is -2.39. The van der Waals surface area contributed by atoms with Crippen LogP contribution in [0.1, 0.15) is 48.0 Å². The molecule has 2 fully saturated rings. The summed E-state index contributed by atoms with van der Waals surface area (Å²) in [6.45, 7) is 14.4. The van der Waals surface area contributed by atoms with E-state index in [4.69, 9.17) is 4.74 Å². The number of rotatable bonds is 1. The van der Waals surface area contributed by atoms with Crippen molar-refractivity contribution in [2.45, 2.75) is 65.6 Å².